The van der Waals surface area contributed by atoms with Crippen molar-refractivity contribution < 1.29 is 4.74 Å². The van der Waals surface area contributed by atoms with Crippen LogP contribution in [0, 0.1) is 11.3 Å². The zero-order valence-corrected chi connectivity index (χ0v) is 14.0. The molecular weight excluding hydrogens is 322 g/mol. The highest BCUT2D eigenvalue weighted by Gasteiger charge is 2.17. The maximum atomic E-state index is 9.00. The largest absolute Gasteiger partial charge is 0.497 e. The van der Waals surface area contributed by atoms with Crippen LogP contribution >= 0.6 is 11.6 Å². The molecule has 0 unspecified atom stereocenters. The third-order valence-electron chi connectivity index (χ3n) is 3.75. The van der Waals surface area contributed by atoms with Gasteiger partial charge in [-0.1, -0.05) is 41.9 Å². The first-order chi connectivity index (χ1) is 11.7. The maximum Gasteiger partial charge on any atom is 0.141 e. The number of aromatic nitrogens is 2. The number of nitrogens with zero attached hydrogens (tertiary/aromatic N) is 3. The van der Waals surface area contributed by atoms with Crippen LogP contribution in [0.4, 0.5) is 0 Å². The van der Waals surface area contributed by atoms with Gasteiger partial charge in [-0.05, 0) is 29.8 Å². The van der Waals surface area contributed by atoms with E-state index in [1.165, 1.54) is 0 Å². The van der Waals surface area contributed by atoms with E-state index in [-0.39, 0.29) is 6.42 Å². The molecule has 0 radical (unpaired) electrons. The first kappa shape index (κ1) is 16.1. The Kier molecular flexibility index (Phi) is 4.83. The van der Waals surface area contributed by atoms with Gasteiger partial charge in [0, 0.05) is 5.56 Å². The van der Waals surface area contributed by atoms with Crippen LogP contribution in [0.1, 0.15) is 11.3 Å². The normalized spacial score (nSPS) is 10.4. The summed E-state index contributed by atoms with van der Waals surface area (Å²) in [4.78, 5) is 4.59. The van der Waals surface area contributed by atoms with Gasteiger partial charge < -0.3 is 9.30 Å². The molecule has 0 N–H and O–H groups in total. The van der Waals surface area contributed by atoms with E-state index in [0.717, 1.165) is 22.7 Å². The summed E-state index contributed by atoms with van der Waals surface area (Å²) in [6.07, 6.45) is 0.184. The van der Waals surface area contributed by atoms with E-state index in [4.69, 9.17) is 21.6 Å². The van der Waals surface area contributed by atoms with E-state index in [1.807, 2.05) is 59.2 Å². The van der Waals surface area contributed by atoms with Gasteiger partial charge in [-0.25, -0.2) is 4.98 Å². The van der Waals surface area contributed by atoms with E-state index < -0.39 is 0 Å². The van der Waals surface area contributed by atoms with Gasteiger partial charge in [0.05, 0.1) is 31.8 Å². The van der Waals surface area contributed by atoms with Crippen LogP contribution in [0.15, 0.2) is 54.6 Å². The molecule has 0 fully saturated rings. The van der Waals surface area contributed by atoms with Gasteiger partial charge in [0.25, 0.3) is 0 Å². The van der Waals surface area contributed by atoms with Crippen LogP contribution in [-0.2, 0) is 13.0 Å². The van der Waals surface area contributed by atoms with E-state index in [9.17, 15) is 0 Å². The summed E-state index contributed by atoms with van der Waals surface area (Å²) in [5.41, 5.74) is 2.65. The van der Waals surface area contributed by atoms with Gasteiger partial charge in [0.15, 0.2) is 0 Å². The lowest BCUT2D eigenvalue weighted by atomic mass is 10.2. The molecule has 0 atom stereocenters. The number of halogens is 1. The van der Waals surface area contributed by atoms with E-state index in [1.54, 1.807) is 7.11 Å². The Morgan fingerprint density at radius 2 is 1.83 bits per heavy atom. The fourth-order valence-corrected chi connectivity index (χ4v) is 2.79. The molecule has 0 aliphatic heterocycles. The van der Waals surface area contributed by atoms with Gasteiger partial charge in [0.2, 0.25) is 0 Å². The zero-order chi connectivity index (χ0) is 16.9. The van der Waals surface area contributed by atoms with Gasteiger partial charge in [0.1, 0.15) is 16.7 Å². The molecule has 2 aromatic carbocycles. The number of methoxy groups -OCH3 is 1. The van der Waals surface area contributed by atoms with Crippen molar-refractivity contribution in [3.05, 3.63) is 71.0 Å². The Labute approximate surface area is 145 Å². The van der Waals surface area contributed by atoms with Crippen molar-refractivity contribution in [3.63, 3.8) is 0 Å². The molecule has 120 valence electrons. The van der Waals surface area contributed by atoms with Crippen LogP contribution in [-0.4, -0.2) is 16.7 Å². The number of benzene rings is 2. The number of nitriles is 1. The van der Waals surface area contributed by atoms with Crippen LogP contribution in [0.5, 0.6) is 5.75 Å². The lowest BCUT2D eigenvalue weighted by Gasteiger charge is -2.10. The van der Waals surface area contributed by atoms with Crippen molar-refractivity contribution in [3.8, 4) is 23.2 Å². The molecule has 0 saturated carbocycles. The minimum Gasteiger partial charge on any atom is -0.497 e. The standard InChI is InChI=1S/C19H16ClN3O/c1-24-16-9-7-15(8-10-16)19-22-17(11-12-21)18(20)23(19)13-14-5-3-2-4-6-14/h2-10H,11,13H2,1H3. The highest BCUT2D eigenvalue weighted by atomic mass is 35.5. The molecule has 3 aromatic rings. The fourth-order valence-electron chi connectivity index (χ4n) is 2.54. The molecule has 0 aliphatic rings. The Hall–Kier alpha value is -2.77. The summed E-state index contributed by atoms with van der Waals surface area (Å²) >= 11 is 6.49. The predicted octanol–water partition coefficient (Wildman–Crippen LogP) is 4.33. The SMILES string of the molecule is COc1ccc(-c2nc(CC#N)c(Cl)n2Cc2ccccc2)cc1. The van der Waals surface area contributed by atoms with Gasteiger partial charge in [-0.2, -0.15) is 5.26 Å². The van der Waals surface area contributed by atoms with Crippen molar-refractivity contribution in [2.24, 2.45) is 0 Å². The van der Waals surface area contributed by atoms with Crippen molar-refractivity contribution >= 4 is 11.6 Å². The number of imidazole rings is 1. The molecule has 1 heterocycles. The molecule has 1 aromatic heterocycles. The molecule has 3 rings (SSSR count). The number of hydrogen-bond donors (Lipinski definition) is 0. The molecule has 0 saturated heterocycles. The topological polar surface area (TPSA) is 50.8 Å². The first-order valence-corrected chi connectivity index (χ1v) is 7.91. The Bertz CT molecular complexity index is 864. The van der Waals surface area contributed by atoms with Crippen LogP contribution in [0.25, 0.3) is 11.4 Å². The third kappa shape index (κ3) is 3.27. The number of hydrogen-bond acceptors (Lipinski definition) is 3. The van der Waals surface area contributed by atoms with Crippen molar-refractivity contribution in [2.75, 3.05) is 7.11 Å². The van der Waals surface area contributed by atoms with Crippen molar-refractivity contribution in [1.29, 1.82) is 5.26 Å². The fraction of sp³-hybridized carbons (Fsp3) is 0.158. The van der Waals surface area contributed by atoms with Crippen LogP contribution < -0.4 is 4.74 Å². The molecular formula is C19H16ClN3O. The summed E-state index contributed by atoms with van der Waals surface area (Å²) in [7, 11) is 1.63. The summed E-state index contributed by atoms with van der Waals surface area (Å²) in [5, 5.41) is 9.50. The monoisotopic (exact) mass is 337 g/mol. The zero-order valence-electron chi connectivity index (χ0n) is 13.2. The average molecular weight is 338 g/mol. The third-order valence-corrected chi connectivity index (χ3v) is 4.17. The number of ether oxygens (including phenoxy) is 1. The summed E-state index contributed by atoms with van der Waals surface area (Å²) in [5.74, 6) is 1.53. The smallest absolute Gasteiger partial charge is 0.141 e. The summed E-state index contributed by atoms with van der Waals surface area (Å²) < 4.78 is 7.14. The molecule has 4 nitrogen and oxygen atoms in total. The molecule has 0 bridgehead atoms. The molecule has 0 aliphatic carbocycles. The Balaban J connectivity index is 2.06. The van der Waals surface area contributed by atoms with Crippen LogP contribution in [0.3, 0.4) is 0 Å². The lowest BCUT2D eigenvalue weighted by Crippen LogP contribution is -2.02. The molecule has 0 amide bonds. The molecule has 24 heavy (non-hydrogen) atoms. The van der Waals surface area contributed by atoms with E-state index >= 15 is 0 Å². The maximum absolute atomic E-state index is 9.00. The van der Waals surface area contributed by atoms with Gasteiger partial charge in [-0.3, -0.25) is 0 Å². The quantitative estimate of drug-likeness (QED) is 0.696. The lowest BCUT2D eigenvalue weighted by molar-refractivity contribution is 0.415. The number of rotatable bonds is 5. The highest BCUT2D eigenvalue weighted by molar-refractivity contribution is 6.30. The van der Waals surface area contributed by atoms with E-state index in [2.05, 4.69) is 11.1 Å². The Morgan fingerprint density at radius 3 is 2.46 bits per heavy atom. The van der Waals surface area contributed by atoms with Crippen LogP contribution in [0.2, 0.25) is 5.15 Å². The van der Waals surface area contributed by atoms with Crippen molar-refractivity contribution in [1.82, 2.24) is 9.55 Å². The minimum atomic E-state index is 0.184. The average Bonchev–Trinajstić information content (AvgIpc) is 2.93. The second-order valence-corrected chi connectivity index (χ2v) is 5.67. The predicted molar refractivity (Wildman–Crippen MR) is 94.1 cm³/mol. The van der Waals surface area contributed by atoms with Gasteiger partial charge in [-0.15, -0.1) is 0 Å². The summed E-state index contributed by atoms with van der Waals surface area (Å²) in [6.45, 7) is 0.597. The minimum absolute atomic E-state index is 0.184. The van der Waals surface area contributed by atoms with E-state index in [0.29, 0.717) is 17.4 Å². The van der Waals surface area contributed by atoms with Crippen molar-refractivity contribution in [2.45, 2.75) is 13.0 Å². The molecule has 5 heteroatoms. The Morgan fingerprint density at radius 1 is 1.12 bits per heavy atom. The second-order valence-electron chi connectivity index (χ2n) is 5.31. The first-order valence-electron chi connectivity index (χ1n) is 7.53. The summed E-state index contributed by atoms with van der Waals surface area (Å²) in [6, 6.07) is 19.8. The molecule has 0 spiro atoms. The second kappa shape index (κ2) is 7.20. The van der Waals surface area contributed by atoms with Gasteiger partial charge >= 0.3 is 0 Å². The highest BCUT2D eigenvalue weighted by Crippen LogP contribution is 2.28.